The van der Waals surface area contributed by atoms with Gasteiger partial charge in [-0.25, -0.2) is 12.1 Å². The van der Waals surface area contributed by atoms with E-state index in [-0.39, 0.29) is 44.7 Å². The molecule has 10 heavy (non-hydrogen) atoms. The van der Waals surface area contributed by atoms with Gasteiger partial charge in [0.15, 0.2) is 0 Å². The van der Waals surface area contributed by atoms with Gasteiger partial charge in [0.05, 0.1) is 0 Å². The van der Waals surface area contributed by atoms with Gasteiger partial charge in [0.25, 0.3) is 0 Å². The van der Waals surface area contributed by atoms with Crippen molar-refractivity contribution in [2.24, 2.45) is 0 Å². The molecule has 0 amide bonds. The second-order valence-corrected chi connectivity index (χ2v) is 2.62. The van der Waals surface area contributed by atoms with Gasteiger partial charge in [0.2, 0.25) is 0 Å². The molecule has 3 nitrogen and oxygen atoms in total. The Morgan fingerprint density at radius 3 is 1.30 bits per heavy atom. The molecule has 0 atom stereocenters. The van der Waals surface area contributed by atoms with Gasteiger partial charge >= 0.3 is 26.2 Å². The summed E-state index contributed by atoms with van der Waals surface area (Å²) in [6.45, 7) is 0. The van der Waals surface area contributed by atoms with E-state index in [0.717, 1.165) is 0 Å². The van der Waals surface area contributed by atoms with Crippen LogP contribution in [0.15, 0.2) is 24.3 Å². The van der Waals surface area contributed by atoms with Crippen LogP contribution in [0.4, 0.5) is 0 Å². The summed E-state index contributed by atoms with van der Waals surface area (Å²) in [7, 11) is 1.20. The van der Waals surface area contributed by atoms with Crippen molar-refractivity contribution in [2.45, 2.75) is 0 Å². The zero-order valence-electron chi connectivity index (χ0n) is 6.04. The van der Waals surface area contributed by atoms with Gasteiger partial charge in [0, 0.05) is 0 Å². The Hall–Kier alpha value is 0.330. The molecular weight excluding hydrogens is 221 g/mol. The molecule has 56 valence electrons. The Bertz CT molecular complexity index is 120. The first kappa shape index (κ1) is 22.4. The van der Waals surface area contributed by atoms with Crippen LogP contribution in [0.5, 0.6) is 0 Å². The molecule has 0 aromatic heterocycles. The van der Waals surface area contributed by atoms with Gasteiger partial charge in [-0.1, -0.05) is 0 Å². The molecule has 0 radical (unpaired) electrons. The van der Waals surface area contributed by atoms with Crippen molar-refractivity contribution in [1.82, 2.24) is 0 Å². The summed E-state index contributed by atoms with van der Waals surface area (Å²) in [5.74, 6) is 0. The van der Waals surface area contributed by atoms with Crippen molar-refractivity contribution in [3.8, 4) is 0 Å². The topological polar surface area (TPSA) is 100 Å². The molecule has 0 spiro atoms. The van der Waals surface area contributed by atoms with Crippen molar-refractivity contribution < 1.29 is 26.2 Å². The molecule has 1 rings (SSSR count). The van der Waals surface area contributed by atoms with E-state index in [1.54, 1.807) is 0 Å². The van der Waals surface area contributed by atoms with E-state index in [2.05, 4.69) is 24.3 Å². The van der Waals surface area contributed by atoms with Gasteiger partial charge in [-0.15, -0.1) is 0 Å². The maximum absolute atomic E-state index is 2.15. The van der Waals surface area contributed by atoms with E-state index in [0.29, 0.717) is 0 Å². The summed E-state index contributed by atoms with van der Waals surface area (Å²) in [5, 5.41) is 1.48. The number of rotatable bonds is 0. The van der Waals surface area contributed by atoms with Gasteiger partial charge in [-0.3, -0.25) is 0 Å². The fourth-order valence-electron chi connectivity index (χ4n) is 0.470. The minimum atomic E-state index is 0. The first-order valence-corrected chi connectivity index (χ1v) is 3.08. The fraction of sp³-hybridized carbons (Fsp3) is 0. The van der Waals surface area contributed by atoms with Crippen LogP contribution in [-0.4, -0.2) is 10.2 Å². The van der Waals surface area contributed by atoms with Gasteiger partial charge < -0.3 is 18.5 Å². The second-order valence-electron chi connectivity index (χ2n) is 1.46. The third kappa shape index (κ3) is 8.33. The van der Waals surface area contributed by atoms with Crippen molar-refractivity contribution in [1.29, 1.82) is 0 Å². The molecular formula is C5H13N3SiZr. The maximum Gasteiger partial charge on any atom is 4.00 e. The van der Waals surface area contributed by atoms with Crippen LogP contribution in [-0.2, 0) is 26.2 Å². The van der Waals surface area contributed by atoms with E-state index in [1.165, 1.54) is 15.4 Å². The Kier molecular flexibility index (Phi) is 27.0. The van der Waals surface area contributed by atoms with E-state index < -0.39 is 0 Å². The van der Waals surface area contributed by atoms with E-state index in [9.17, 15) is 0 Å². The summed E-state index contributed by atoms with van der Waals surface area (Å²) in [6, 6.07) is 8.43. The molecule has 0 heterocycles. The van der Waals surface area contributed by atoms with E-state index in [1.807, 2.05) is 0 Å². The van der Waals surface area contributed by atoms with Crippen LogP contribution in [0.3, 0.4) is 0 Å². The summed E-state index contributed by atoms with van der Waals surface area (Å²) in [4.78, 5) is 0. The summed E-state index contributed by atoms with van der Waals surface area (Å²) in [6.07, 6.45) is 0. The zero-order valence-corrected chi connectivity index (χ0v) is 10.5. The average molecular weight is 234 g/mol. The number of hydrogen-bond donors (Lipinski definition) is 0. The molecule has 5 heteroatoms. The van der Waals surface area contributed by atoms with Crippen LogP contribution in [0, 0.1) is 0 Å². The Morgan fingerprint density at radius 1 is 0.900 bits per heavy atom. The zero-order chi connectivity index (χ0) is 4.41. The molecule has 0 aliphatic heterocycles. The Balaban J connectivity index is -0.0000000450. The number of nitrogens with two attached hydrogens (primary N) is 3. The number of hydrogen-bond acceptors (Lipinski definition) is 0. The van der Waals surface area contributed by atoms with Crippen LogP contribution >= 0.6 is 0 Å². The van der Waals surface area contributed by atoms with Crippen LogP contribution in [0.1, 0.15) is 0 Å². The van der Waals surface area contributed by atoms with Crippen molar-refractivity contribution in [3.05, 3.63) is 42.7 Å². The quantitative estimate of drug-likeness (QED) is 0.480. The Labute approximate surface area is 84.2 Å². The van der Waals surface area contributed by atoms with Crippen molar-refractivity contribution in [2.75, 3.05) is 0 Å². The monoisotopic (exact) mass is 233 g/mol. The van der Waals surface area contributed by atoms with Crippen molar-refractivity contribution >= 4 is 15.4 Å². The van der Waals surface area contributed by atoms with Gasteiger partial charge in [-0.2, -0.15) is 17.3 Å². The minimum Gasteiger partial charge on any atom is -0.693 e. The first-order chi connectivity index (χ1) is 2.89. The van der Waals surface area contributed by atoms with Gasteiger partial charge in [0.1, 0.15) is 0 Å². The van der Waals surface area contributed by atoms with Crippen LogP contribution in [0.25, 0.3) is 18.5 Å². The van der Waals surface area contributed by atoms with Crippen LogP contribution < -0.4 is 5.19 Å². The SMILES string of the molecule is [NH2-].[NH2-].[NH2-].[SiH3][c-]1cccc1.[Zr+4]. The van der Waals surface area contributed by atoms with Crippen LogP contribution in [0.2, 0.25) is 0 Å². The smallest absolute Gasteiger partial charge is 0.693 e. The molecule has 0 saturated carbocycles. The summed E-state index contributed by atoms with van der Waals surface area (Å²) in [5.41, 5.74) is 0. The fourth-order valence-corrected chi connectivity index (χ4v) is 0.855. The largest absolute Gasteiger partial charge is 4.00 e. The third-order valence-corrected chi connectivity index (χ3v) is 1.50. The minimum absolute atomic E-state index is 0. The molecule has 1 aromatic carbocycles. The molecule has 6 N–H and O–H groups in total. The van der Waals surface area contributed by atoms with Gasteiger partial charge in [-0.05, 0) is 10.2 Å². The predicted octanol–water partition coefficient (Wildman–Crippen LogP) is 1.54. The first-order valence-electron chi connectivity index (χ1n) is 2.08. The molecule has 0 aliphatic carbocycles. The molecule has 0 saturated heterocycles. The van der Waals surface area contributed by atoms with Crippen molar-refractivity contribution in [3.63, 3.8) is 0 Å². The average Bonchev–Trinajstić information content (AvgIpc) is 1.86. The Morgan fingerprint density at radius 2 is 1.20 bits per heavy atom. The van der Waals surface area contributed by atoms with E-state index >= 15 is 0 Å². The maximum atomic E-state index is 2.15. The second kappa shape index (κ2) is 12.0. The predicted molar refractivity (Wildman–Crippen MR) is 47.5 cm³/mol. The molecule has 1 aromatic rings. The molecule has 0 fully saturated rings. The summed E-state index contributed by atoms with van der Waals surface area (Å²) >= 11 is 0. The van der Waals surface area contributed by atoms with E-state index in [4.69, 9.17) is 0 Å². The molecule has 0 aliphatic rings. The normalized spacial score (nSPS) is 5.60. The summed E-state index contributed by atoms with van der Waals surface area (Å²) < 4.78 is 0. The third-order valence-electron chi connectivity index (χ3n) is 0.829. The molecule has 0 unspecified atom stereocenters. The standard InChI is InChI=1S/C5H7Si.3H2N.Zr/c6-5-3-1-2-4-5;;;;/h1-4H,6H3;3*1H2;/q4*-1;+4. The molecule has 0 bridgehead atoms.